The Hall–Kier alpha value is -2.66. The van der Waals surface area contributed by atoms with Gasteiger partial charge in [-0.05, 0) is 61.1 Å². The molecule has 0 aliphatic carbocycles. The predicted molar refractivity (Wildman–Crippen MR) is 129 cm³/mol. The molecule has 3 heterocycles. The molecule has 1 saturated heterocycles. The zero-order chi connectivity index (χ0) is 22.7. The lowest BCUT2D eigenvalue weighted by molar-refractivity contribution is -0.132. The average Bonchev–Trinajstić information content (AvgIpc) is 3.18. The number of piperidine rings is 1. The van der Waals surface area contributed by atoms with Crippen LogP contribution in [0.25, 0.3) is 11.0 Å². The fourth-order valence-corrected chi connectivity index (χ4v) is 4.84. The molecule has 1 aromatic carbocycles. The third kappa shape index (κ3) is 5.04. The summed E-state index contributed by atoms with van der Waals surface area (Å²) < 4.78 is 5.79. The molecule has 0 saturated carbocycles. The number of fused-ring (bicyclic) bond motifs is 1. The Morgan fingerprint density at radius 3 is 2.72 bits per heavy atom. The van der Waals surface area contributed by atoms with Crippen LogP contribution in [0.15, 0.2) is 47.2 Å². The van der Waals surface area contributed by atoms with E-state index in [1.54, 1.807) is 6.26 Å². The molecule has 170 valence electrons. The van der Waals surface area contributed by atoms with Crippen molar-refractivity contribution in [3.63, 3.8) is 0 Å². The molecule has 0 N–H and O–H groups in total. The fraction of sp³-hybridized carbons (Fsp3) is 0.481. The number of furan rings is 1. The van der Waals surface area contributed by atoms with Crippen LogP contribution >= 0.6 is 0 Å². The van der Waals surface area contributed by atoms with Crippen LogP contribution in [0.2, 0.25) is 0 Å². The van der Waals surface area contributed by atoms with Crippen molar-refractivity contribution in [1.29, 1.82) is 0 Å². The summed E-state index contributed by atoms with van der Waals surface area (Å²) in [4.78, 5) is 22.0. The van der Waals surface area contributed by atoms with Gasteiger partial charge in [-0.1, -0.05) is 19.9 Å². The lowest BCUT2D eigenvalue weighted by Crippen LogP contribution is -2.46. The molecule has 0 atom stereocenters. The summed E-state index contributed by atoms with van der Waals surface area (Å²) in [6, 6.07) is 10.7. The van der Waals surface area contributed by atoms with Gasteiger partial charge in [0.15, 0.2) is 0 Å². The number of benzene rings is 1. The number of carbonyl (C=O) groups excluding carboxylic acids is 1. The molecule has 3 aromatic rings. The van der Waals surface area contributed by atoms with E-state index in [1.807, 2.05) is 30.3 Å². The fourth-order valence-electron chi connectivity index (χ4n) is 4.84. The Balaban J connectivity index is 1.33. The van der Waals surface area contributed by atoms with E-state index >= 15 is 0 Å². The van der Waals surface area contributed by atoms with Gasteiger partial charge in [0.1, 0.15) is 5.58 Å². The van der Waals surface area contributed by atoms with E-state index in [-0.39, 0.29) is 5.91 Å². The number of pyridine rings is 1. The van der Waals surface area contributed by atoms with Gasteiger partial charge in [-0.25, -0.2) is 0 Å². The minimum absolute atomic E-state index is 0.173. The zero-order valence-electron chi connectivity index (χ0n) is 19.8. The molecule has 5 heteroatoms. The van der Waals surface area contributed by atoms with Gasteiger partial charge in [0.2, 0.25) is 5.91 Å². The molecule has 0 spiro atoms. The Morgan fingerprint density at radius 1 is 1.25 bits per heavy atom. The number of aryl methyl sites for hydroxylation is 1. The summed E-state index contributed by atoms with van der Waals surface area (Å²) in [7, 11) is 1.96. The van der Waals surface area contributed by atoms with Crippen molar-refractivity contribution in [2.75, 3.05) is 26.7 Å². The van der Waals surface area contributed by atoms with E-state index in [1.165, 1.54) is 11.1 Å². The van der Waals surface area contributed by atoms with E-state index < -0.39 is 0 Å². The quantitative estimate of drug-likeness (QED) is 0.528. The predicted octanol–water partition coefficient (Wildman–Crippen LogP) is 4.97. The van der Waals surface area contributed by atoms with Crippen molar-refractivity contribution < 1.29 is 9.21 Å². The highest BCUT2D eigenvalue weighted by molar-refractivity contribution is 5.88. The third-order valence-electron chi connectivity index (χ3n) is 6.91. The zero-order valence-corrected chi connectivity index (χ0v) is 19.8. The number of likely N-dealkylation sites (N-methyl/N-ethyl adjacent to an activating group) is 1. The second kappa shape index (κ2) is 9.86. The Bertz CT molecular complexity index is 1050. The smallest absolute Gasteiger partial charge is 0.227 e. The number of hydrogen-bond acceptors (Lipinski definition) is 4. The van der Waals surface area contributed by atoms with Crippen molar-refractivity contribution in [1.82, 2.24) is 14.8 Å². The highest BCUT2D eigenvalue weighted by atomic mass is 16.3. The first-order chi connectivity index (χ1) is 15.4. The van der Waals surface area contributed by atoms with Crippen LogP contribution in [0, 0.1) is 6.92 Å². The molecule has 32 heavy (non-hydrogen) atoms. The summed E-state index contributed by atoms with van der Waals surface area (Å²) in [6.45, 7) is 9.62. The first-order valence-corrected chi connectivity index (χ1v) is 11.8. The molecule has 4 rings (SSSR count). The molecule has 0 radical (unpaired) electrons. The van der Waals surface area contributed by atoms with E-state index in [2.05, 4.69) is 48.9 Å². The molecule has 2 aromatic heterocycles. The lowest BCUT2D eigenvalue weighted by atomic mass is 9.95. The monoisotopic (exact) mass is 433 g/mol. The summed E-state index contributed by atoms with van der Waals surface area (Å²) in [5.41, 5.74) is 5.57. The summed E-state index contributed by atoms with van der Waals surface area (Å²) in [5, 5.41) is 1.07. The van der Waals surface area contributed by atoms with Crippen LogP contribution < -0.4 is 0 Å². The number of nitrogens with zero attached hydrogens (tertiary/aromatic N) is 3. The number of amides is 1. The number of aromatic nitrogens is 1. The van der Waals surface area contributed by atoms with Gasteiger partial charge in [0, 0.05) is 62.0 Å². The first-order valence-electron chi connectivity index (χ1n) is 11.8. The van der Waals surface area contributed by atoms with Gasteiger partial charge in [0.25, 0.3) is 0 Å². The van der Waals surface area contributed by atoms with Gasteiger partial charge < -0.3 is 14.2 Å². The molecular weight excluding hydrogens is 398 g/mol. The maximum Gasteiger partial charge on any atom is 0.227 e. The standard InChI is InChI=1S/C27H35N3O2/c1-19(2)24-17-25-21(18-32-26(25)15-20(24)3)16-27(31)29(4)23-9-13-30(14-10-23)12-8-22-7-5-6-11-28-22/h5-7,11,15,17-19,23H,8-10,12-14,16H2,1-4H3. The second-order valence-corrected chi connectivity index (χ2v) is 9.45. The summed E-state index contributed by atoms with van der Waals surface area (Å²) in [5.74, 6) is 0.620. The molecule has 1 aliphatic heterocycles. The van der Waals surface area contributed by atoms with Crippen molar-refractivity contribution in [3.05, 3.63) is 65.2 Å². The van der Waals surface area contributed by atoms with Crippen LogP contribution in [-0.4, -0.2) is 53.4 Å². The molecule has 0 bridgehead atoms. The normalized spacial score (nSPS) is 15.5. The van der Waals surface area contributed by atoms with Gasteiger partial charge in [-0.2, -0.15) is 0 Å². The summed E-state index contributed by atoms with van der Waals surface area (Å²) in [6.07, 6.45) is 7.03. The van der Waals surface area contributed by atoms with E-state index in [0.29, 0.717) is 18.4 Å². The van der Waals surface area contributed by atoms with Crippen LogP contribution in [0.1, 0.15) is 55.0 Å². The molecular formula is C27H35N3O2. The van der Waals surface area contributed by atoms with Gasteiger partial charge in [-0.3, -0.25) is 9.78 Å². The SMILES string of the molecule is Cc1cc2occ(CC(=O)N(C)C3CCN(CCc4ccccn4)CC3)c2cc1C(C)C. The van der Waals surface area contributed by atoms with Crippen LogP contribution in [-0.2, 0) is 17.6 Å². The van der Waals surface area contributed by atoms with E-state index in [9.17, 15) is 4.79 Å². The Kier molecular flexibility index (Phi) is 6.95. The number of rotatable bonds is 7. The molecule has 1 fully saturated rings. The topological polar surface area (TPSA) is 49.6 Å². The third-order valence-corrected chi connectivity index (χ3v) is 6.91. The Labute approximate surface area is 191 Å². The van der Waals surface area contributed by atoms with Crippen molar-refractivity contribution in [3.8, 4) is 0 Å². The first kappa shape index (κ1) is 22.5. The van der Waals surface area contributed by atoms with E-state index in [0.717, 1.165) is 61.1 Å². The molecule has 0 unspecified atom stereocenters. The van der Waals surface area contributed by atoms with Crippen molar-refractivity contribution in [2.24, 2.45) is 0 Å². The van der Waals surface area contributed by atoms with Gasteiger partial charge >= 0.3 is 0 Å². The second-order valence-electron chi connectivity index (χ2n) is 9.45. The minimum atomic E-state index is 0.173. The summed E-state index contributed by atoms with van der Waals surface area (Å²) >= 11 is 0. The Morgan fingerprint density at radius 2 is 2.03 bits per heavy atom. The van der Waals surface area contributed by atoms with Crippen LogP contribution in [0.3, 0.4) is 0 Å². The number of hydrogen-bond donors (Lipinski definition) is 0. The van der Waals surface area contributed by atoms with Crippen LogP contribution in [0.4, 0.5) is 0 Å². The van der Waals surface area contributed by atoms with Gasteiger partial charge in [-0.15, -0.1) is 0 Å². The number of carbonyl (C=O) groups is 1. The highest BCUT2D eigenvalue weighted by Crippen LogP contribution is 2.29. The lowest BCUT2D eigenvalue weighted by Gasteiger charge is -2.36. The molecule has 1 amide bonds. The largest absolute Gasteiger partial charge is 0.464 e. The van der Waals surface area contributed by atoms with Crippen LogP contribution in [0.5, 0.6) is 0 Å². The molecule has 5 nitrogen and oxygen atoms in total. The van der Waals surface area contributed by atoms with Crippen molar-refractivity contribution >= 4 is 16.9 Å². The number of likely N-dealkylation sites (tertiary alicyclic amines) is 1. The highest BCUT2D eigenvalue weighted by Gasteiger charge is 2.26. The maximum atomic E-state index is 13.1. The van der Waals surface area contributed by atoms with E-state index in [4.69, 9.17) is 4.42 Å². The maximum absolute atomic E-state index is 13.1. The molecule has 1 aliphatic rings. The minimum Gasteiger partial charge on any atom is -0.464 e. The van der Waals surface area contributed by atoms with Crippen molar-refractivity contribution in [2.45, 2.75) is 58.4 Å². The van der Waals surface area contributed by atoms with Gasteiger partial charge in [0.05, 0.1) is 12.7 Å². The average molecular weight is 434 g/mol.